The summed E-state index contributed by atoms with van der Waals surface area (Å²) in [7, 11) is 2.02. The van der Waals surface area contributed by atoms with Crippen molar-refractivity contribution in [2.75, 3.05) is 7.05 Å². The second kappa shape index (κ2) is 5.57. The summed E-state index contributed by atoms with van der Waals surface area (Å²) in [6, 6.07) is 3.84. The van der Waals surface area contributed by atoms with Gasteiger partial charge in [0.2, 0.25) is 5.89 Å². The van der Waals surface area contributed by atoms with E-state index in [1.165, 1.54) is 0 Å². The van der Waals surface area contributed by atoms with Gasteiger partial charge in [-0.1, -0.05) is 5.16 Å². The topological polar surface area (TPSA) is 68.4 Å². The maximum absolute atomic E-state index is 5.70. The van der Waals surface area contributed by atoms with Gasteiger partial charge in [-0.3, -0.25) is 4.90 Å². The van der Waals surface area contributed by atoms with Crippen LogP contribution < -0.4 is 0 Å². The minimum absolute atomic E-state index is 0.136. The van der Waals surface area contributed by atoms with Crippen LogP contribution in [0, 0.1) is 6.92 Å². The van der Waals surface area contributed by atoms with E-state index in [0.717, 1.165) is 22.7 Å². The monoisotopic (exact) mass is 287 g/mol. The first-order chi connectivity index (χ1) is 10.1. The molecule has 0 saturated carbocycles. The molecule has 0 aliphatic heterocycles. The molecule has 0 aliphatic rings. The molecule has 0 N–H and O–H groups in total. The predicted molar refractivity (Wildman–Crippen MR) is 75.3 cm³/mol. The van der Waals surface area contributed by atoms with Gasteiger partial charge in [0.25, 0.3) is 0 Å². The van der Waals surface area contributed by atoms with E-state index in [0.29, 0.717) is 12.4 Å². The Hall–Kier alpha value is -2.34. The standard InChI is InChI=1S/C15H17N3O3/c1-10(13-5-7-20-17-13)18(3)8-14-11(2)21-15(16-14)12-4-6-19-9-12/h4-7,9-10H,8H2,1-3H3. The Morgan fingerprint density at radius 3 is 2.81 bits per heavy atom. The number of aryl methyl sites for hydroxylation is 1. The molecule has 0 spiro atoms. The third-order valence-corrected chi connectivity index (χ3v) is 3.61. The zero-order chi connectivity index (χ0) is 14.8. The number of aromatic nitrogens is 2. The lowest BCUT2D eigenvalue weighted by atomic mass is 10.2. The van der Waals surface area contributed by atoms with Crippen LogP contribution in [-0.2, 0) is 6.54 Å². The molecule has 0 aliphatic carbocycles. The van der Waals surface area contributed by atoms with Gasteiger partial charge in [-0.25, -0.2) is 4.98 Å². The molecule has 1 atom stereocenters. The van der Waals surface area contributed by atoms with Crippen molar-refractivity contribution in [2.45, 2.75) is 26.4 Å². The number of oxazole rings is 1. The SMILES string of the molecule is Cc1oc(-c2ccoc2)nc1CN(C)C(C)c1ccon1. The Morgan fingerprint density at radius 2 is 2.14 bits per heavy atom. The molecule has 3 aromatic heterocycles. The second-order valence-corrected chi connectivity index (χ2v) is 5.05. The van der Waals surface area contributed by atoms with Crippen LogP contribution >= 0.6 is 0 Å². The Morgan fingerprint density at radius 1 is 1.29 bits per heavy atom. The molecule has 3 heterocycles. The Balaban J connectivity index is 1.76. The molecule has 110 valence electrons. The molecule has 0 saturated heterocycles. The van der Waals surface area contributed by atoms with E-state index in [1.807, 2.05) is 26.1 Å². The minimum atomic E-state index is 0.136. The quantitative estimate of drug-likeness (QED) is 0.716. The van der Waals surface area contributed by atoms with Crippen molar-refractivity contribution in [2.24, 2.45) is 0 Å². The molecule has 3 aromatic rings. The highest BCUT2D eigenvalue weighted by Crippen LogP contribution is 2.25. The van der Waals surface area contributed by atoms with E-state index in [-0.39, 0.29) is 6.04 Å². The van der Waals surface area contributed by atoms with Crippen molar-refractivity contribution in [3.63, 3.8) is 0 Å². The lowest BCUT2D eigenvalue weighted by Crippen LogP contribution is -2.22. The maximum Gasteiger partial charge on any atom is 0.229 e. The van der Waals surface area contributed by atoms with Crippen molar-refractivity contribution >= 4 is 0 Å². The highest BCUT2D eigenvalue weighted by molar-refractivity contribution is 5.51. The molecule has 0 amide bonds. The van der Waals surface area contributed by atoms with Crippen molar-refractivity contribution in [3.8, 4) is 11.5 Å². The molecule has 0 aromatic carbocycles. The van der Waals surface area contributed by atoms with Crippen molar-refractivity contribution in [1.82, 2.24) is 15.0 Å². The van der Waals surface area contributed by atoms with Crippen LogP contribution in [-0.4, -0.2) is 22.1 Å². The highest BCUT2D eigenvalue weighted by atomic mass is 16.5. The van der Waals surface area contributed by atoms with Crippen LogP contribution in [0.2, 0.25) is 0 Å². The summed E-state index contributed by atoms with van der Waals surface area (Å²) >= 11 is 0. The van der Waals surface area contributed by atoms with Gasteiger partial charge in [0.05, 0.1) is 23.6 Å². The third-order valence-electron chi connectivity index (χ3n) is 3.61. The van der Waals surface area contributed by atoms with Crippen LogP contribution in [0.5, 0.6) is 0 Å². The van der Waals surface area contributed by atoms with Gasteiger partial charge in [0.15, 0.2) is 0 Å². The average Bonchev–Trinajstić information content (AvgIpc) is 3.20. The average molecular weight is 287 g/mol. The predicted octanol–water partition coefficient (Wildman–Crippen LogP) is 3.42. The van der Waals surface area contributed by atoms with Crippen LogP contribution in [0.15, 0.2) is 44.3 Å². The summed E-state index contributed by atoms with van der Waals surface area (Å²) in [6.45, 7) is 4.66. The Labute approximate surface area is 122 Å². The van der Waals surface area contributed by atoms with Gasteiger partial charge < -0.3 is 13.4 Å². The van der Waals surface area contributed by atoms with E-state index in [9.17, 15) is 0 Å². The summed E-state index contributed by atoms with van der Waals surface area (Å²) in [5, 5.41) is 3.97. The molecule has 0 fully saturated rings. The molecule has 21 heavy (non-hydrogen) atoms. The van der Waals surface area contributed by atoms with Gasteiger partial charge in [0.1, 0.15) is 24.0 Å². The lowest BCUT2D eigenvalue weighted by molar-refractivity contribution is 0.237. The van der Waals surface area contributed by atoms with Crippen LogP contribution in [0.1, 0.15) is 30.1 Å². The van der Waals surface area contributed by atoms with Gasteiger partial charge in [-0.2, -0.15) is 0 Å². The van der Waals surface area contributed by atoms with Crippen LogP contribution in [0.4, 0.5) is 0 Å². The number of hydrogen-bond acceptors (Lipinski definition) is 6. The molecule has 0 radical (unpaired) electrons. The number of nitrogens with zero attached hydrogens (tertiary/aromatic N) is 3. The fourth-order valence-corrected chi connectivity index (χ4v) is 2.12. The molecule has 3 rings (SSSR count). The van der Waals surface area contributed by atoms with E-state index < -0.39 is 0 Å². The maximum atomic E-state index is 5.70. The summed E-state index contributed by atoms with van der Waals surface area (Å²) < 4.78 is 15.6. The van der Waals surface area contributed by atoms with Crippen LogP contribution in [0.3, 0.4) is 0 Å². The fraction of sp³-hybridized carbons (Fsp3) is 0.333. The van der Waals surface area contributed by atoms with E-state index in [2.05, 4.69) is 22.0 Å². The third kappa shape index (κ3) is 2.75. The smallest absolute Gasteiger partial charge is 0.229 e. The minimum Gasteiger partial charge on any atom is -0.472 e. The Bertz CT molecular complexity index is 686. The zero-order valence-electron chi connectivity index (χ0n) is 12.2. The zero-order valence-corrected chi connectivity index (χ0v) is 12.2. The summed E-state index contributed by atoms with van der Waals surface area (Å²) in [4.78, 5) is 6.68. The molecule has 6 nitrogen and oxygen atoms in total. The number of rotatable bonds is 5. The summed E-state index contributed by atoms with van der Waals surface area (Å²) in [5.41, 5.74) is 2.65. The van der Waals surface area contributed by atoms with E-state index in [4.69, 9.17) is 13.4 Å². The molecular formula is C15H17N3O3. The van der Waals surface area contributed by atoms with Crippen LogP contribution in [0.25, 0.3) is 11.5 Å². The number of hydrogen-bond donors (Lipinski definition) is 0. The van der Waals surface area contributed by atoms with Gasteiger partial charge >= 0.3 is 0 Å². The van der Waals surface area contributed by atoms with E-state index >= 15 is 0 Å². The lowest BCUT2D eigenvalue weighted by Gasteiger charge is -2.21. The first-order valence-electron chi connectivity index (χ1n) is 6.74. The number of furan rings is 1. The normalized spacial score (nSPS) is 13.0. The highest BCUT2D eigenvalue weighted by Gasteiger charge is 2.19. The molecule has 1 unspecified atom stereocenters. The summed E-state index contributed by atoms with van der Waals surface area (Å²) in [6.07, 6.45) is 4.81. The molecule has 6 heteroatoms. The first-order valence-corrected chi connectivity index (χ1v) is 6.74. The van der Waals surface area contributed by atoms with E-state index in [1.54, 1.807) is 18.8 Å². The summed E-state index contributed by atoms with van der Waals surface area (Å²) in [5.74, 6) is 1.39. The van der Waals surface area contributed by atoms with Gasteiger partial charge in [-0.15, -0.1) is 0 Å². The Kier molecular flexibility index (Phi) is 3.62. The first kappa shape index (κ1) is 13.6. The van der Waals surface area contributed by atoms with Crippen molar-refractivity contribution in [1.29, 1.82) is 0 Å². The largest absolute Gasteiger partial charge is 0.472 e. The van der Waals surface area contributed by atoms with Gasteiger partial charge in [-0.05, 0) is 27.0 Å². The van der Waals surface area contributed by atoms with Crippen molar-refractivity contribution in [3.05, 3.63) is 48.1 Å². The molecular weight excluding hydrogens is 270 g/mol. The fourth-order valence-electron chi connectivity index (χ4n) is 2.12. The second-order valence-electron chi connectivity index (χ2n) is 5.05. The molecule has 0 bridgehead atoms. The van der Waals surface area contributed by atoms with Gasteiger partial charge in [0, 0.05) is 12.6 Å². The van der Waals surface area contributed by atoms with Crippen molar-refractivity contribution < 1.29 is 13.4 Å².